The molecule has 0 aromatic carbocycles. The Balaban J connectivity index is 2.60. The molecule has 0 spiro atoms. The van der Waals surface area contributed by atoms with Crippen LogP contribution in [-0.2, 0) is 9.59 Å². The second kappa shape index (κ2) is 5.27. The van der Waals surface area contributed by atoms with E-state index in [1.165, 1.54) is 11.8 Å². The molecule has 6 nitrogen and oxygen atoms in total. The lowest BCUT2D eigenvalue weighted by molar-refractivity contribution is -0.146. The van der Waals surface area contributed by atoms with E-state index >= 15 is 0 Å². The maximum absolute atomic E-state index is 11.8. The second-order valence-corrected chi connectivity index (χ2v) is 4.23. The lowest BCUT2D eigenvalue weighted by atomic mass is 9.97. The number of nitrogens with zero attached hydrogens (tertiary/aromatic N) is 1. The summed E-state index contributed by atoms with van der Waals surface area (Å²) in [5.74, 6) is -1.78. The van der Waals surface area contributed by atoms with Gasteiger partial charge in [0.1, 0.15) is 6.04 Å². The van der Waals surface area contributed by atoms with Gasteiger partial charge in [0.05, 0.1) is 12.0 Å². The zero-order chi connectivity index (χ0) is 12.3. The molecule has 4 N–H and O–H groups in total. The standard InChI is InChI=1S/C10H18N2O4/c1-6(13)8(11)9(14)12-4-2-3-7(5-12)10(15)16/h6-8,13H,2-5,11H2,1H3,(H,15,16). The first-order chi connectivity index (χ1) is 7.43. The number of rotatable bonds is 3. The molecule has 1 heterocycles. The van der Waals surface area contributed by atoms with E-state index in [1.807, 2.05) is 0 Å². The number of hydrogen-bond acceptors (Lipinski definition) is 4. The van der Waals surface area contributed by atoms with E-state index in [2.05, 4.69) is 0 Å². The van der Waals surface area contributed by atoms with Crippen LogP contribution in [0.3, 0.4) is 0 Å². The first-order valence-electron chi connectivity index (χ1n) is 5.38. The molecular weight excluding hydrogens is 212 g/mol. The molecule has 0 radical (unpaired) electrons. The summed E-state index contributed by atoms with van der Waals surface area (Å²) in [5.41, 5.74) is 5.52. The summed E-state index contributed by atoms with van der Waals surface area (Å²) in [6, 6.07) is -0.965. The lowest BCUT2D eigenvalue weighted by Gasteiger charge is -2.33. The van der Waals surface area contributed by atoms with Crippen LogP contribution < -0.4 is 5.73 Å². The lowest BCUT2D eigenvalue weighted by Crippen LogP contribution is -2.52. The number of aliphatic hydroxyl groups is 1. The Kier molecular flexibility index (Phi) is 4.26. The topological polar surface area (TPSA) is 104 Å². The van der Waals surface area contributed by atoms with Crippen molar-refractivity contribution in [1.82, 2.24) is 4.90 Å². The van der Waals surface area contributed by atoms with Gasteiger partial charge in [-0.1, -0.05) is 0 Å². The molecule has 1 aliphatic heterocycles. The zero-order valence-electron chi connectivity index (χ0n) is 9.30. The monoisotopic (exact) mass is 230 g/mol. The minimum atomic E-state index is -0.965. The quantitative estimate of drug-likeness (QED) is 0.578. The molecule has 0 aliphatic carbocycles. The number of carbonyl (C=O) groups is 2. The molecule has 1 rings (SSSR count). The highest BCUT2D eigenvalue weighted by Crippen LogP contribution is 2.17. The molecule has 3 atom stereocenters. The molecule has 1 aliphatic rings. The Morgan fingerprint density at radius 3 is 2.62 bits per heavy atom. The Morgan fingerprint density at radius 1 is 1.50 bits per heavy atom. The number of piperidine rings is 1. The van der Waals surface area contributed by atoms with Gasteiger partial charge in [-0.3, -0.25) is 9.59 Å². The van der Waals surface area contributed by atoms with Gasteiger partial charge in [-0.05, 0) is 19.8 Å². The second-order valence-electron chi connectivity index (χ2n) is 4.23. The summed E-state index contributed by atoms with van der Waals surface area (Å²) in [7, 11) is 0. The van der Waals surface area contributed by atoms with Crippen molar-refractivity contribution in [3.63, 3.8) is 0 Å². The minimum absolute atomic E-state index is 0.189. The smallest absolute Gasteiger partial charge is 0.308 e. The molecule has 6 heteroatoms. The fraction of sp³-hybridized carbons (Fsp3) is 0.800. The van der Waals surface area contributed by atoms with Crippen molar-refractivity contribution in [2.75, 3.05) is 13.1 Å². The predicted octanol–water partition coefficient (Wildman–Crippen LogP) is -0.982. The summed E-state index contributed by atoms with van der Waals surface area (Å²) in [6.45, 7) is 2.15. The van der Waals surface area contributed by atoms with E-state index in [1.54, 1.807) is 0 Å². The van der Waals surface area contributed by atoms with Crippen molar-refractivity contribution in [2.24, 2.45) is 11.7 Å². The van der Waals surface area contributed by atoms with Crippen molar-refractivity contribution < 1.29 is 19.8 Å². The van der Waals surface area contributed by atoms with Crippen LogP contribution in [0.4, 0.5) is 0 Å². The third kappa shape index (κ3) is 2.93. The van der Waals surface area contributed by atoms with Crippen LogP contribution >= 0.6 is 0 Å². The summed E-state index contributed by atoms with van der Waals surface area (Å²) in [4.78, 5) is 24.0. The highest BCUT2D eigenvalue weighted by molar-refractivity contribution is 5.83. The normalized spacial score (nSPS) is 24.9. The fourth-order valence-electron chi connectivity index (χ4n) is 1.80. The molecule has 16 heavy (non-hydrogen) atoms. The predicted molar refractivity (Wildman–Crippen MR) is 56.6 cm³/mol. The summed E-state index contributed by atoms with van der Waals surface area (Å²) in [6.07, 6.45) is 0.329. The van der Waals surface area contributed by atoms with E-state index in [9.17, 15) is 14.7 Å². The van der Waals surface area contributed by atoms with Gasteiger partial charge in [-0.15, -0.1) is 0 Å². The van der Waals surface area contributed by atoms with Gasteiger partial charge in [0.15, 0.2) is 0 Å². The van der Waals surface area contributed by atoms with Gasteiger partial charge < -0.3 is 20.8 Å². The number of hydrogen-bond donors (Lipinski definition) is 3. The molecule has 92 valence electrons. The van der Waals surface area contributed by atoms with Gasteiger partial charge >= 0.3 is 5.97 Å². The van der Waals surface area contributed by atoms with E-state index in [4.69, 9.17) is 10.8 Å². The Bertz CT molecular complexity index is 280. The Morgan fingerprint density at radius 2 is 2.12 bits per heavy atom. The maximum atomic E-state index is 11.8. The number of aliphatic hydroxyl groups excluding tert-OH is 1. The molecule has 0 bridgehead atoms. The maximum Gasteiger partial charge on any atom is 0.308 e. The third-order valence-corrected chi connectivity index (χ3v) is 2.89. The van der Waals surface area contributed by atoms with Crippen LogP contribution in [0, 0.1) is 5.92 Å². The number of nitrogens with two attached hydrogens (primary N) is 1. The van der Waals surface area contributed by atoms with Crippen molar-refractivity contribution in [1.29, 1.82) is 0 Å². The van der Waals surface area contributed by atoms with Gasteiger partial charge in [0.25, 0.3) is 0 Å². The summed E-state index contributed by atoms with van der Waals surface area (Å²) >= 11 is 0. The number of likely N-dealkylation sites (tertiary alicyclic amines) is 1. The molecular formula is C10H18N2O4. The minimum Gasteiger partial charge on any atom is -0.481 e. The molecule has 0 saturated carbocycles. The molecule has 1 fully saturated rings. The van der Waals surface area contributed by atoms with E-state index in [0.717, 1.165) is 0 Å². The highest BCUT2D eigenvalue weighted by Gasteiger charge is 2.31. The van der Waals surface area contributed by atoms with Crippen molar-refractivity contribution in [2.45, 2.75) is 31.9 Å². The molecule has 3 unspecified atom stereocenters. The zero-order valence-corrected chi connectivity index (χ0v) is 9.30. The summed E-state index contributed by atoms with van der Waals surface area (Å²) < 4.78 is 0. The van der Waals surface area contributed by atoms with E-state index in [0.29, 0.717) is 19.4 Å². The van der Waals surface area contributed by atoms with Crippen LogP contribution in [0.5, 0.6) is 0 Å². The van der Waals surface area contributed by atoms with Crippen LogP contribution in [0.2, 0.25) is 0 Å². The van der Waals surface area contributed by atoms with Crippen molar-refractivity contribution in [3.05, 3.63) is 0 Å². The molecule has 0 aromatic heterocycles. The van der Waals surface area contributed by atoms with Gasteiger partial charge in [0.2, 0.25) is 5.91 Å². The van der Waals surface area contributed by atoms with Gasteiger partial charge in [-0.25, -0.2) is 0 Å². The van der Waals surface area contributed by atoms with Crippen molar-refractivity contribution >= 4 is 11.9 Å². The number of carboxylic acid groups (broad SMARTS) is 1. The van der Waals surface area contributed by atoms with Gasteiger partial charge in [-0.2, -0.15) is 0 Å². The van der Waals surface area contributed by atoms with E-state index < -0.39 is 24.0 Å². The van der Waals surface area contributed by atoms with Crippen molar-refractivity contribution in [3.8, 4) is 0 Å². The first-order valence-corrected chi connectivity index (χ1v) is 5.38. The Labute approximate surface area is 94.0 Å². The SMILES string of the molecule is CC(O)C(N)C(=O)N1CCCC(C(=O)O)C1. The number of carboxylic acids is 1. The molecule has 1 amide bonds. The van der Waals surface area contributed by atoms with Crippen LogP contribution in [-0.4, -0.2) is 52.2 Å². The number of amides is 1. The van der Waals surface area contributed by atoms with Gasteiger partial charge in [0, 0.05) is 13.1 Å². The molecule has 1 saturated heterocycles. The number of aliphatic carboxylic acids is 1. The molecule has 0 aromatic rings. The fourth-order valence-corrected chi connectivity index (χ4v) is 1.80. The van der Waals surface area contributed by atoms with Crippen LogP contribution in [0.25, 0.3) is 0 Å². The Hall–Kier alpha value is -1.14. The third-order valence-electron chi connectivity index (χ3n) is 2.89. The number of carbonyl (C=O) groups excluding carboxylic acids is 1. The average molecular weight is 230 g/mol. The summed E-state index contributed by atoms with van der Waals surface area (Å²) in [5, 5.41) is 18.1. The van der Waals surface area contributed by atoms with Crippen LogP contribution in [0.1, 0.15) is 19.8 Å². The van der Waals surface area contributed by atoms with Crippen LogP contribution in [0.15, 0.2) is 0 Å². The first kappa shape index (κ1) is 12.9. The average Bonchev–Trinajstić information content (AvgIpc) is 2.27. The van der Waals surface area contributed by atoms with E-state index in [-0.39, 0.29) is 12.5 Å². The highest BCUT2D eigenvalue weighted by atomic mass is 16.4. The largest absolute Gasteiger partial charge is 0.481 e.